The first-order valence-corrected chi connectivity index (χ1v) is 5.18. The van der Waals surface area contributed by atoms with Gasteiger partial charge in [-0.15, -0.1) is 11.3 Å². The normalized spacial score (nSPS) is 12.3. The molecule has 0 aliphatic heterocycles. The molecule has 0 radical (unpaired) electrons. The number of hydrogen-bond donors (Lipinski definition) is 2. The molecule has 1 heterocycles. The molecule has 78 valence electrons. The molecule has 1 aromatic heterocycles. The number of rotatable bonds is 5. The van der Waals surface area contributed by atoms with Gasteiger partial charge in [0.05, 0.1) is 11.2 Å². The Labute approximate surface area is 86.9 Å². The maximum atomic E-state index is 8.34. The molecule has 14 heavy (non-hydrogen) atoms. The Morgan fingerprint density at radius 2 is 2.57 bits per heavy atom. The van der Waals surface area contributed by atoms with Gasteiger partial charge in [-0.2, -0.15) is 0 Å². The van der Waals surface area contributed by atoms with Crippen molar-refractivity contribution in [1.29, 1.82) is 0 Å². The van der Waals surface area contributed by atoms with Gasteiger partial charge in [0.2, 0.25) is 0 Å². The lowest BCUT2D eigenvalue weighted by atomic mass is 10.3. The standard InChI is InChI=1S/C8H14N4OS/c1-12(3-2-8(9)11-13)4-7-5-14-6-10-7/h5-6,13H,2-4H2,1H3,(H2,9,11). The Kier molecular flexibility index (Phi) is 4.34. The third-order valence-corrected chi connectivity index (χ3v) is 2.43. The minimum absolute atomic E-state index is 0.259. The fourth-order valence-corrected chi connectivity index (χ4v) is 1.58. The summed E-state index contributed by atoms with van der Waals surface area (Å²) in [4.78, 5) is 6.25. The third-order valence-electron chi connectivity index (χ3n) is 1.79. The first-order chi connectivity index (χ1) is 6.72. The van der Waals surface area contributed by atoms with Crippen LogP contribution in [0.5, 0.6) is 0 Å². The molecule has 0 amide bonds. The van der Waals surface area contributed by atoms with Crippen LogP contribution in [0.3, 0.4) is 0 Å². The predicted molar refractivity (Wildman–Crippen MR) is 56.5 cm³/mol. The maximum absolute atomic E-state index is 8.34. The number of nitrogens with two attached hydrogens (primary N) is 1. The summed E-state index contributed by atoms with van der Waals surface area (Å²) in [7, 11) is 1.98. The van der Waals surface area contributed by atoms with Crippen LogP contribution >= 0.6 is 11.3 Å². The summed E-state index contributed by atoms with van der Waals surface area (Å²) in [5.41, 5.74) is 8.22. The number of aromatic nitrogens is 1. The van der Waals surface area contributed by atoms with Crippen molar-refractivity contribution in [2.45, 2.75) is 13.0 Å². The van der Waals surface area contributed by atoms with Gasteiger partial charge in [-0.25, -0.2) is 4.98 Å². The van der Waals surface area contributed by atoms with Crippen molar-refractivity contribution >= 4 is 17.2 Å². The van der Waals surface area contributed by atoms with E-state index < -0.39 is 0 Å². The second-order valence-electron chi connectivity index (χ2n) is 3.06. The lowest BCUT2D eigenvalue weighted by Gasteiger charge is -2.14. The van der Waals surface area contributed by atoms with Crippen LogP contribution < -0.4 is 5.73 Å². The molecule has 1 aromatic rings. The number of nitrogens with zero attached hydrogens (tertiary/aromatic N) is 3. The van der Waals surface area contributed by atoms with E-state index in [0.717, 1.165) is 18.8 Å². The van der Waals surface area contributed by atoms with Gasteiger partial charge in [0.25, 0.3) is 0 Å². The Balaban J connectivity index is 2.26. The first-order valence-electron chi connectivity index (χ1n) is 4.24. The van der Waals surface area contributed by atoms with Crippen LogP contribution in [0, 0.1) is 0 Å². The van der Waals surface area contributed by atoms with Crippen LogP contribution in [0.2, 0.25) is 0 Å². The average molecular weight is 214 g/mol. The molecule has 0 saturated heterocycles. The van der Waals surface area contributed by atoms with Crippen molar-refractivity contribution in [2.24, 2.45) is 10.9 Å². The third kappa shape index (κ3) is 3.71. The van der Waals surface area contributed by atoms with E-state index in [2.05, 4.69) is 15.0 Å². The molecule has 0 aliphatic carbocycles. The molecule has 1 rings (SSSR count). The van der Waals surface area contributed by atoms with E-state index >= 15 is 0 Å². The summed E-state index contributed by atoms with van der Waals surface area (Å²) in [5, 5.41) is 13.3. The molecular formula is C8H14N4OS. The van der Waals surface area contributed by atoms with Gasteiger partial charge in [-0.3, -0.25) is 0 Å². The molecule has 3 N–H and O–H groups in total. The van der Waals surface area contributed by atoms with Crippen LogP contribution in [0.15, 0.2) is 16.0 Å². The van der Waals surface area contributed by atoms with Crippen molar-refractivity contribution in [3.8, 4) is 0 Å². The van der Waals surface area contributed by atoms with Crippen molar-refractivity contribution in [2.75, 3.05) is 13.6 Å². The number of thiazole rings is 1. The molecule has 0 saturated carbocycles. The highest BCUT2D eigenvalue weighted by molar-refractivity contribution is 7.07. The molecule has 0 aromatic carbocycles. The SMILES string of the molecule is CN(CCC(N)=NO)Cc1cscn1. The highest BCUT2D eigenvalue weighted by atomic mass is 32.1. The summed E-state index contributed by atoms with van der Waals surface area (Å²) < 4.78 is 0. The summed E-state index contributed by atoms with van der Waals surface area (Å²) >= 11 is 1.58. The zero-order valence-electron chi connectivity index (χ0n) is 8.05. The Morgan fingerprint density at radius 3 is 3.14 bits per heavy atom. The zero-order chi connectivity index (χ0) is 10.4. The van der Waals surface area contributed by atoms with Gasteiger partial charge < -0.3 is 15.8 Å². The van der Waals surface area contributed by atoms with Crippen LogP contribution in [0.4, 0.5) is 0 Å². The van der Waals surface area contributed by atoms with Crippen LogP contribution in [-0.4, -0.2) is 34.5 Å². The highest BCUT2D eigenvalue weighted by Gasteiger charge is 2.02. The van der Waals surface area contributed by atoms with Crippen molar-refractivity contribution in [3.63, 3.8) is 0 Å². The largest absolute Gasteiger partial charge is 0.409 e. The molecule has 0 spiro atoms. The predicted octanol–water partition coefficient (Wildman–Crippen LogP) is 0.711. The fourth-order valence-electron chi connectivity index (χ4n) is 1.03. The second-order valence-corrected chi connectivity index (χ2v) is 3.78. The van der Waals surface area contributed by atoms with Gasteiger partial charge in [0, 0.05) is 24.9 Å². The van der Waals surface area contributed by atoms with Gasteiger partial charge in [0.1, 0.15) is 5.84 Å². The maximum Gasteiger partial charge on any atom is 0.140 e. The summed E-state index contributed by atoms with van der Waals surface area (Å²) in [6.45, 7) is 1.55. The molecule has 0 atom stereocenters. The zero-order valence-corrected chi connectivity index (χ0v) is 8.87. The van der Waals surface area contributed by atoms with Crippen molar-refractivity contribution in [1.82, 2.24) is 9.88 Å². The minimum Gasteiger partial charge on any atom is -0.409 e. The van der Waals surface area contributed by atoms with Crippen LogP contribution in [0.1, 0.15) is 12.1 Å². The summed E-state index contributed by atoms with van der Waals surface area (Å²) in [5.74, 6) is 0.259. The summed E-state index contributed by atoms with van der Waals surface area (Å²) in [6, 6.07) is 0. The van der Waals surface area contributed by atoms with E-state index in [-0.39, 0.29) is 5.84 Å². The van der Waals surface area contributed by atoms with Gasteiger partial charge in [0.15, 0.2) is 0 Å². The van der Waals surface area contributed by atoms with E-state index in [4.69, 9.17) is 10.9 Å². The number of oxime groups is 1. The van der Waals surface area contributed by atoms with Gasteiger partial charge in [-0.1, -0.05) is 5.16 Å². The molecular weight excluding hydrogens is 200 g/mol. The topological polar surface area (TPSA) is 74.7 Å². The monoisotopic (exact) mass is 214 g/mol. The van der Waals surface area contributed by atoms with Crippen LogP contribution in [0.25, 0.3) is 0 Å². The fraction of sp³-hybridized carbons (Fsp3) is 0.500. The molecule has 0 aliphatic rings. The average Bonchev–Trinajstić information content (AvgIpc) is 2.66. The quantitative estimate of drug-likeness (QED) is 0.327. The molecule has 0 bridgehead atoms. The minimum atomic E-state index is 0.259. The van der Waals surface area contributed by atoms with Crippen LogP contribution in [-0.2, 0) is 6.54 Å². The molecule has 5 nitrogen and oxygen atoms in total. The van der Waals surface area contributed by atoms with Crippen molar-refractivity contribution < 1.29 is 5.21 Å². The van der Waals surface area contributed by atoms with E-state index in [1.165, 1.54) is 0 Å². The van der Waals surface area contributed by atoms with E-state index in [1.54, 1.807) is 11.3 Å². The lowest BCUT2D eigenvalue weighted by molar-refractivity contribution is 0.309. The van der Waals surface area contributed by atoms with E-state index in [9.17, 15) is 0 Å². The Morgan fingerprint density at radius 1 is 1.79 bits per heavy atom. The smallest absolute Gasteiger partial charge is 0.140 e. The second kappa shape index (κ2) is 5.56. The number of hydrogen-bond acceptors (Lipinski definition) is 5. The highest BCUT2D eigenvalue weighted by Crippen LogP contribution is 2.04. The van der Waals surface area contributed by atoms with E-state index in [1.807, 2.05) is 17.9 Å². The van der Waals surface area contributed by atoms with Gasteiger partial charge in [-0.05, 0) is 7.05 Å². The summed E-state index contributed by atoms with van der Waals surface area (Å²) in [6.07, 6.45) is 0.567. The van der Waals surface area contributed by atoms with Gasteiger partial charge >= 0.3 is 0 Å². The Bertz CT molecular complexity index is 286. The molecule has 6 heteroatoms. The molecule has 0 unspecified atom stereocenters. The van der Waals surface area contributed by atoms with E-state index in [0.29, 0.717) is 6.42 Å². The first kappa shape index (κ1) is 10.9. The number of amidine groups is 1. The molecule has 0 fully saturated rings. The Hall–Kier alpha value is -1.14. The lowest BCUT2D eigenvalue weighted by Crippen LogP contribution is -2.24. The van der Waals surface area contributed by atoms with Crippen molar-refractivity contribution in [3.05, 3.63) is 16.6 Å².